The van der Waals surface area contributed by atoms with E-state index >= 15 is 0 Å². The van der Waals surface area contributed by atoms with E-state index in [9.17, 15) is 4.79 Å². The summed E-state index contributed by atoms with van der Waals surface area (Å²) in [7, 11) is 0. The van der Waals surface area contributed by atoms with E-state index < -0.39 is 0 Å². The third-order valence-corrected chi connectivity index (χ3v) is 3.05. The number of alkyl halides is 1. The topological polar surface area (TPSA) is 17.1 Å². The maximum Gasteiger partial charge on any atom is 0.140 e. The molecular formula is C9H11ClO. The second kappa shape index (κ2) is 2.63. The molecule has 1 saturated carbocycles. The van der Waals surface area contributed by atoms with Crippen molar-refractivity contribution in [2.24, 2.45) is 17.8 Å². The molecule has 0 aromatic rings. The molecule has 2 heteroatoms. The van der Waals surface area contributed by atoms with Crippen LogP contribution in [0.25, 0.3) is 0 Å². The van der Waals surface area contributed by atoms with E-state index in [2.05, 4.69) is 12.2 Å². The number of carbonyl (C=O) groups excluding carboxylic acids is 1. The lowest BCUT2D eigenvalue weighted by Crippen LogP contribution is -2.44. The summed E-state index contributed by atoms with van der Waals surface area (Å²) in [6, 6.07) is 0. The molecular weight excluding hydrogens is 160 g/mol. The van der Waals surface area contributed by atoms with Crippen molar-refractivity contribution in [3.8, 4) is 0 Å². The minimum atomic E-state index is 0.260. The van der Waals surface area contributed by atoms with Crippen LogP contribution in [0.3, 0.4) is 0 Å². The van der Waals surface area contributed by atoms with Gasteiger partial charge >= 0.3 is 0 Å². The summed E-state index contributed by atoms with van der Waals surface area (Å²) in [5, 5.41) is 0. The molecule has 0 bridgehead atoms. The van der Waals surface area contributed by atoms with Crippen molar-refractivity contribution in [3.63, 3.8) is 0 Å². The van der Waals surface area contributed by atoms with E-state index in [1.165, 1.54) is 0 Å². The van der Waals surface area contributed by atoms with E-state index in [4.69, 9.17) is 11.6 Å². The lowest BCUT2D eigenvalue weighted by molar-refractivity contribution is -0.139. The van der Waals surface area contributed by atoms with Crippen LogP contribution in [-0.4, -0.2) is 11.7 Å². The normalized spacial score (nSPS) is 40.5. The number of ketones is 1. The minimum Gasteiger partial charge on any atom is -0.299 e. The van der Waals surface area contributed by atoms with Crippen molar-refractivity contribution in [1.82, 2.24) is 0 Å². The molecule has 3 atom stereocenters. The van der Waals surface area contributed by atoms with Crippen molar-refractivity contribution in [3.05, 3.63) is 12.2 Å². The quantitative estimate of drug-likeness (QED) is 0.458. The number of hydrogen-bond donors (Lipinski definition) is 0. The number of fused-ring (bicyclic) bond motifs is 1. The molecule has 1 nitrogen and oxygen atoms in total. The van der Waals surface area contributed by atoms with Gasteiger partial charge in [-0.25, -0.2) is 0 Å². The fourth-order valence-electron chi connectivity index (χ4n) is 2.19. The third-order valence-electron chi connectivity index (χ3n) is 2.83. The Hall–Kier alpha value is -0.300. The van der Waals surface area contributed by atoms with Gasteiger partial charge in [-0.15, -0.1) is 11.6 Å². The first-order valence-corrected chi connectivity index (χ1v) is 4.64. The minimum absolute atomic E-state index is 0.260. The van der Waals surface area contributed by atoms with E-state index in [0.29, 0.717) is 23.5 Å². The first-order chi connectivity index (χ1) is 5.34. The zero-order valence-corrected chi connectivity index (χ0v) is 7.05. The molecule has 2 aliphatic rings. The summed E-state index contributed by atoms with van der Waals surface area (Å²) in [6.45, 7) is 0. The van der Waals surface area contributed by atoms with Crippen molar-refractivity contribution in [2.75, 3.05) is 5.88 Å². The number of carbonyl (C=O) groups is 1. The standard InChI is InChI=1S/C9H11ClO/c10-5-4-8-6-2-1-3-7(6)9(8)11/h1-2,6-8H,3-5H2/t6-,7+,8-/m0/s1. The Morgan fingerprint density at radius 3 is 3.18 bits per heavy atom. The zero-order valence-electron chi connectivity index (χ0n) is 6.29. The molecule has 2 aliphatic carbocycles. The molecule has 2 rings (SSSR count). The van der Waals surface area contributed by atoms with Crippen LogP contribution in [-0.2, 0) is 4.79 Å². The van der Waals surface area contributed by atoms with Gasteiger partial charge < -0.3 is 0 Å². The van der Waals surface area contributed by atoms with Gasteiger partial charge in [-0.2, -0.15) is 0 Å². The molecule has 0 spiro atoms. The predicted molar refractivity (Wildman–Crippen MR) is 44.6 cm³/mol. The summed E-state index contributed by atoms with van der Waals surface area (Å²) >= 11 is 5.59. The highest BCUT2D eigenvalue weighted by molar-refractivity contribution is 6.18. The van der Waals surface area contributed by atoms with Gasteiger partial charge in [-0.1, -0.05) is 12.2 Å². The van der Waals surface area contributed by atoms with Crippen LogP contribution in [0.4, 0.5) is 0 Å². The number of rotatable bonds is 2. The number of allylic oxidation sites excluding steroid dienone is 2. The summed E-state index contributed by atoms with van der Waals surface area (Å²) in [5.41, 5.74) is 0. The first-order valence-electron chi connectivity index (χ1n) is 4.11. The SMILES string of the molecule is O=C1[C@@H](CCCl)[C@H]2C=CC[C@@H]12. The molecule has 0 N–H and O–H groups in total. The van der Waals surface area contributed by atoms with Gasteiger partial charge in [-0.3, -0.25) is 4.79 Å². The summed E-state index contributed by atoms with van der Waals surface area (Å²) in [6.07, 6.45) is 6.15. The first kappa shape index (κ1) is 7.35. The maximum atomic E-state index is 11.3. The third kappa shape index (κ3) is 0.943. The van der Waals surface area contributed by atoms with Crippen molar-refractivity contribution in [2.45, 2.75) is 12.8 Å². The van der Waals surface area contributed by atoms with Gasteiger partial charge in [0.1, 0.15) is 5.78 Å². The molecule has 0 aliphatic heterocycles. The Bertz CT molecular complexity index is 210. The zero-order chi connectivity index (χ0) is 7.84. The number of Topliss-reactive ketones (excluding diaryl/α,β-unsaturated/α-hetero) is 1. The van der Waals surface area contributed by atoms with Crippen molar-refractivity contribution in [1.29, 1.82) is 0 Å². The van der Waals surface area contributed by atoms with E-state index in [0.717, 1.165) is 12.8 Å². The molecule has 1 fully saturated rings. The molecule has 0 aromatic heterocycles. The Morgan fingerprint density at radius 2 is 2.45 bits per heavy atom. The fraction of sp³-hybridized carbons (Fsp3) is 0.667. The van der Waals surface area contributed by atoms with E-state index in [1.807, 2.05) is 0 Å². The summed E-state index contributed by atoms with van der Waals surface area (Å²) in [4.78, 5) is 11.3. The Balaban J connectivity index is 2.02. The van der Waals surface area contributed by atoms with Crippen molar-refractivity contribution >= 4 is 17.4 Å². The van der Waals surface area contributed by atoms with Gasteiger partial charge in [0.2, 0.25) is 0 Å². The highest BCUT2D eigenvalue weighted by Gasteiger charge is 2.48. The molecule has 0 amide bonds. The van der Waals surface area contributed by atoms with Crippen LogP contribution in [0.2, 0.25) is 0 Å². The van der Waals surface area contributed by atoms with Gasteiger partial charge in [-0.05, 0) is 18.8 Å². The average molecular weight is 171 g/mol. The van der Waals surface area contributed by atoms with Gasteiger partial charge in [0, 0.05) is 17.7 Å². The maximum absolute atomic E-state index is 11.3. The molecule has 60 valence electrons. The van der Waals surface area contributed by atoms with Gasteiger partial charge in [0.25, 0.3) is 0 Å². The van der Waals surface area contributed by atoms with E-state index in [-0.39, 0.29) is 5.92 Å². The Kier molecular flexibility index (Phi) is 1.76. The molecule has 11 heavy (non-hydrogen) atoms. The highest BCUT2D eigenvalue weighted by Crippen LogP contribution is 2.45. The summed E-state index contributed by atoms with van der Waals surface area (Å²) in [5.74, 6) is 2.20. The largest absolute Gasteiger partial charge is 0.299 e. The molecule has 0 saturated heterocycles. The predicted octanol–water partition coefficient (Wildman–Crippen LogP) is 2.01. The highest BCUT2D eigenvalue weighted by atomic mass is 35.5. The van der Waals surface area contributed by atoms with Crippen LogP contribution >= 0.6 is 11.6 Å². The molecule has 0 radical (unpaired) electrons. The smallest absolute Gasteiger partial charge is 0.140 e. The second-order valence-electron chi connectivity index (χ2n) is 3.33. The van der Waals surface area contributed by atoms with Gasteiger partial charge in [0.05, 0.1) is 0 Å². The molecule has 0 aromatic carbocycles. The van der Waals surface area contributed by atoms with Crippen LogP contribution in [0.5, 0.6) is 0 Å². The average Bonchev–Trinajstić information content (AvgIpc) is 2.44. The molecule has 0 heterocycles. The van der Waals surface area contributed by atoms with Crippen LogP contribution < -0.4 is 0 Å². The Labute approximate surface area is 71.4 Å². The lowest BCUT2D eigenvalue weighted by atomic mass is 9.64. The van der Waals surface area contributed by atoms with Crippen molar-refractivity contribution < 1.29 is 4.79 Å². The number of halogens is 1. The number of hydrogen-bond acceptors (Lipinski definition) is 1. The summed E-state index contributed by atoms with van der Waals surface area (Å²) < 4.78 is 0. The van der Waals surface area contributed by atoms with Crippen LogP contribution in [0.1, 0.15) is 12.8 Å². The Morgan fingerprint density at radius 1 is 1.64 bits per heavy atom. The molecule has 0 unspecified atom stereocenters. The fourth-order valence-corrected chi connectivity index (χ4v) is 2.43. The lowest BCUT2D eigenvalue weighted by Gasteiger charge is -2.37. The monoisotopic (exact) mass is 170 g/mol. The van der Waals surface area contributed by atoms with Crippen LogP contribution in [0, 0.1) is 17.8 Å². The second-order valence-corrected chi connectivity index (χ2v) is 3.71. The van der Waals surface area contributed by atoms with E-state index in [1.54, 1.807) is 0 Å². The van der Waals surface area contributed by atoms with Crippen LogP contribution in [0.15, 0.2) is 12.2 Å². The van der Waals surface area contributed by atoms with Gasteiger partial charge in [0.15, 0.2) is 0 Å².